The maximum Gasteiger partial charge on any atom is 0.310 e. The molecule has 0 atom stereocenters. The van der Waals surface area contributed by atoms with E-state index in [0.29, 0.717) is 17.8 Å². The van der Waals surface area contributed by atoms with Gasteiger partial charge >= 0.3 is 5.97 Å². The number of nitrogen functional groups attached to an aromatic ring is 1. The highest BCUT2D eigenvalue weighted by molar-refractivity contribution is 5.79. The van der Waals surface area contributed by atoms with Gasteiger partial charge in [0.25, 0.3) is 5.56 Å². The quantitative estimate of drug-likeness (QED) is 0.681. The summed E-state index contributed by atoms with van der Waals surface area (Å²) in [5.41, 5.74) is 8.30. The van der Waals surface area contributed by atoms with Gasteiger partial charge in [-0.15, -0.1) is 0 Å². The molecule has 6 heteroatoms. The van der Waals surface area contributed by atoms with E-state index >= 15 is 0 Å². The number of nitrogens with zero attached hydrogens (tertiary/aromatic N) is 2. The molecule has 0 spiro atoms. The lowest BCUT2D eigenvalue weighted by Crippen LogP contribution is -2.28. The topological polar surface area (TPSA) is 87.2 Å². The van der Waals surface area contributed by atoms with Crippen molar-refractivity contribution in [3.05, 3.63) is 82.1 Å². The summed E-state index contributed by atoms with van der Waals surface area (Å²) in [4.78, 5) is 24.8. The minimum atomic E-state index is -0.460. The Kier molecular flexibility index (Phi) is 5.66. The van der Waals surface area contributed by atoms with Crippen LogP contribution in [0.4, 0.5) is 5.69 Å². The number of esters is 1. The first-order valence-electron chi connectivity index (χ1n) is 8.74. The lowest BCUT2D eigenvalue weighted by molar-refractivity contribution is -0.144. The number of ether oxygens (including phenoxy) is 1. The zero-order valence-electron chi connectivity index (χ0n) is 15.1. The van der Waals surface area contributed by atoms with E-state index in [0.717, 1.165) is 11.1 Å². The van der Waals surface area contributed by atoms with E-state index in [2.05, 4.69) is 5.10 Å². The van der Waals surface area contributed by atoms with Gasteiger partial charge in [0.05, 0.1) is 12.1 Å². The smallest absolute Gasteiger partial charge is 0.310 e. The normalized spacial score (nSPS) is 10.6. The number of nitrogens with two attached hydrogens (primary N) is 1. The van der Waals surface area contributed by atoms with Gasteiger partial charge in [0.2, 0.25) is 0 Å². The van der Waals surface area contributed by atoms with E-state index in [1.54, 1.807) is 0 Å². The average molecular weight is 363 g/mol. The molecule has 0 aliphatic heterocycles. The number of hydrogen-bond donors (Lipinski definition) is 1. The third-order valence-corrected chi connectivity index (χ3v) is 4.21. The largest absolute Gasteiger partial charge is 0.461 e. The number of anilines is 1. The molecule has 0 bridgehead atoms. The number of rotatable bonds is 6. The minimum Gasteiger partial charge on any atom is -0.461 e. The number of carbonyl (C=O) groups excluding carboxylic acids is 1. The van der Waals surface area contributed by atoms with Crippen molar-refractivity contribution >= 4 is 11.7 Å². The van der Waals surface area contributed by atoms with Crippen molar-refractivity contribution in [2.45, 2.75) is 26.5 Å². The zero-order valence-corrected chi connectivity index (χ0v) is 15.1. The highest BCUT2D eigenvalue weighted by Crippen LogP contribution is 2.24. The molecule has 0 saturated carbocycles. The monoisotopic (exact) mass is 363 g/mol. The van der Waals surface area contributed by atoms with Gasteiger partial charge in [0.15, 0.2) is 0 Å². The van der Waals surface area contributed by atoms with E-state index in [1.165, 1.54) is 4.68 Å². The minimum absolute atomic E-state index is 0.0300. The molecule has 1 heterocycles. The van der Waals surface area contributed by atoms with Crippen LogP contribution < -0.4 is 11.3 Å². The van der Waals surface area contributed by atoms with Crippen LogP contribution in [0.1, 0.15) is 18.1 Å². The van der Waals surface area contributed by atoms with Gasteiger partial charge in [0, 0.05) is 17.7 Å². The Balaban J connectivity index is 1.90. The van der Waals surface area contributed by atoms with Gasteiger partial charge in [0.1, 0.15) is 12.3 Å². The summed E-state index contributed by atoms with van der Waals surface area (Å²) in [5.74, 6) is -0.460. The van der Waals surface area contributed by atoms with Crippen LogP contribution in [-0.2, 0) is 29.1 Å². The Morgan fingerprint density at radius 2 is 1.70 bits per heavy atom. The van der Waals surface area contributed by atoms with Gasteiger partial charge in [-0.3, -0.25) is 9.59 Å². The molecule has 2 aromatic carbocycles. The Labute approximate surface area is 157 Å². The molecule has 6 nitrogen and oxygen atoms in total. The Bertz CT molecular complexity index is 983. The molecule has 138 valence electrons. The molecule has 0 amide bonds. The predicted molar refractivity (Wildman–Crippen MR) is 104 cm³/mol. The maximum atomic E-state index is 12.4. The molecule has 0 aliphatic rings. The van der Waals surface area contributed by atoms with E-state index in [-0.39, 0.29) is 18.7 Å². The van der Waals surface area contributed by atoms with E-state index in [9.17, 15) is 9.59 Å². The van der Waals surface area contributed by atoms with Gasteiger partial charge < -0.3 is 10.5 Å². The van der Waals surface area contributed by atoms with Crippen molar-refractivity contribution in [1.82, 2.24) is 9.78 Å². The van der Waals surface area contributed by atoms with Crippen LogP contribution in [0.2, 0.25) is 0 Å². The van der Waals surface area contributed by atoms with Crippen LogP contribution in [0.3, 0.4) is 0 Å². The van der Waals surface area contributed by atoms with Crippen LogP contribution in [0.25, 0.3) is 11.3 Å². The Morgan fingerprint density at radius 1 is 1.07 bits per heavy atom. The molecule has 0 aliphatic carbocycles. The van der Waals surface area contributed by atoms with E-state index in [1.807, 2.05) is 67.6 Å². The fourth-order valence-corrected chi connectivity index (χ4v) is 2.78. The fraction of sp³-hybridized carbons (Fsp3) is 0.190. The molecule has 27 heavy (non-hydrogen) atoms. The predicted octanol–water partition coefficient (Wildman–Crippen LogP) is 2.80. The SMILES string of the molecule is CCn1nc(-c2ccccc2)c(CC(=O)OCc2ccccc2)c(N)c1=O. The van der Waals surface area contributed by atoms with Crippen molar-refractivity contribution in [3.8, 4) is 11.3 Å². The van der Waals surface area contributed by atoms with Crippen molar-refractivity contribution in [1.29, 1.82) is 0 Å². The van der Waals surface area contributed by atoms with Crippen LogP contribution in [0.5, 0.6) is 0 Å². The number of aromatic nitrogens is 2. The molecular formula is C21H21N3O3. The van der Waals surface area contributed by atoms with Gasteiger partial charge in [-0.25, -0.2) is 4.68 Å². The molecular weight excluding hydrogens is 342 g/mol. The number of benzene rings is 2. The molecule has 2 N–H and O–H groups in total. The molecule has 0 radical (unpaired) electrons. The van der Waals surface area contributed by atoms with Crippen LogP contribution >= 0.6 is 0 Å². The lowest BCUT2D eigenvalue weighted by atomic mass is 10.0. The summed E-state index contributed by atoms with van der Waals surface area (Å²) < 4.78 is 6.65. The van der Waals surface area contributed by atoms with Crippen LogP contribution in [-0.4, -0.2) is 15.7 Å². The third-order valence-electron chi connectivity index (χ3n) is 4.21. The first-order chi connectivity index (χ1) is 13.1. The summed E-state index contributed by atoms with van der Waals surface area (Å²) in [6, 6.07) is 18.8. The number of aryl methyl sites for hydroxylation is 1. The first-order valence-corrected chi connectivity index (χ1v) is 8.74. The second kappa shape index (κ2) is 8.31. The van der Waals surface area contributed by atoms with Crippen molar-refractivity contribution in [2.75, 3.05) is 5.73 Å². The molecule has 3 rings (SSSR count). The standard InChI is InChI=1S/C21H21N3O3/c1-2-24-21(26)19(22)17(20(23-24)16-11-7-4-8-12-16)13-18(25)27-14-15-9-5-3-6-10-15/h3-12H,2,13-14,22H2,1H3. The molecule has 0 saturated heterocycles. The van der Waals surface area contributed by atoms with E-state index in [4.69, 9.17) is 10.5 Å². The number of carbonyl (C=O) groups is 1. The summed E-state index contributed by atoms with van der Waals surface area (Å²) >= 11 is 0. The zero-order chi connectivity index (χ0) is 19.2. The highest BCUT2D eigenvalue weighted by Gasteiger charge is 2.19. The second-order valence-electron chi connectivity index (χ2n) is 6.05. The van der Waals surface area contributed by atoms with Gasteiger partial charge in [-0.1, -0.05) is 60.7 Å². The average Bonchev–Trinajstić information content (AvgIpc) is 2.71. The lowest BCUT2D eigenvalue weighted by Gasteiger charge is -2.14. The third kappa shape index (κ3) is 4.23. The van der Waals surface area contributed by atoms with Crippen LogP contribution in [0.15, 0.2) is 65.5 Å². The Hall–Kier alpha value is -3.41. The van der Waals surface area contributed by atoms with Crippen molar-refractivity contribution < 1.29 is 9.53 Å². The summed E-state index contributed by atoms with van der Waals surface area (Å²) in [6.07, 6.45) is -0.115. The van der Waals surface area contributed by atoms with E-state index < -0.39 is 11.5 Å². The maximum absolute atomic E-state index is 12.4. The van der Waals surface area contributed by atoms with Gasteiger partial charge in [-0.2, -0.15) is 5.10 Å². The fourth-order valence-electron chi connectivity index (χ4n) is 2.78. The second-order valence-corrected chi connectivity index (χ2v) is 6.05. The van der Waals surface area contributed by atoms with Gasteiger partial charge in [-0.05, 0) is 12.5 Å². The summed E-state index contributed by atoms with van der Waals surface area (Å²) in [6.45, 7) is 2.37. The summed E-state index contributed by atoms with van der Waals surface area (Å²) in [5, 5.41) is 4.41. The molecule has 0 unspecified atom stereocenters. The molecule has 0 fully saturated rings. The Morgan fingerprint density at radius 3 is 2.33 bits per heavy atom. The highest BCUT2D eigenvalue weighted by atomic mass is 16.5. The van der Waals surface area contributed by atoms with Crippen LogP contribution in [0, 0.1) is 0 Å². The first kappa shape index (κ1) is 18.4. The molecule has 1 aromatic heterocycles. The number of hydrogen-bond acceptors (Lipinski definition) is 5. The van der Waals surface area contributed by atoms with Crippen molar-refractivity contribution in [2.24, 2.45) is 0 Å². The van der Waals surface area contributed by atoms with Crippen molar-refractivity contribution in [3.63, 3.8) is 0 Å². The molecule has 3 aromatic rings. The summed E-state index contributed by atoms with van der Waals surface area (Å²) in [7, 11) is 0.